The Bertz CT molecular complexity index is 849. The summed E-state index contributed by atoms with van der Waals surface area (Å²) in [7, 11) is 0. The van der Waals surface area contributed by atoms with Gasteiger partial charge in [0.2, 0.25) is 0 Å². The summed E-state index contributed by atoms with van der Waals surface area (Å²) in [6.07, 6.45) is 0.701. The lowest BCUT2D eigenvalue weighted by molar-refractivity contribution is 0.0635. The molecule has 2 aliphatic rings. The molecule has 1 aromatic rings. The van der Waals surface area contributed by atoms with Crippen LogP contribution in [0.2, 0.25) is 0 Å². The Labute approximate surface area is 180 Å². The third-order valence-corrected chi connectivity index (χ3v) is 5.33. The van der Waals surface area contributed by atoms with Gasteiger partial charge in [-0.1, -0.05) is 13.8 Å². The molecule has 1 fully saturated rings. The fourth-order valence-corrected chi connectivity index (χ4v) is 3.78. The van der Waals surface area contributed by atoms with Gasteiger partial charge in [-0.25, -0.2) is 4.79 Å². The van der Waals surface area contributed by atoms with E-state index in [1.165, 1.54) is 11.0 Å². The van der Waals surface area contributed by atoms with E-state index in [1.54, 1.807) is 17.0 Å². The average Bonchev–Trinajstić information content (AvgIpc) is 2.96. The van der Waals surface area contributed by atoms with Gasteiger partial charge in [0, 0.05) is 31.2 Å². The van der Waals surface area contributed by atoms with Crippen molar-refractivity contribution in [3.63, 3.8) is 0 Å². The van der Waals surface area contributed by atoms with Crippen LogP contribution < -0.4 is 5.32 Å². The van der Waals surface area contributed by atoms with Crippen LogP contribution >= 0.6 is 11.6 Å². The summed E-state index contributed by atoms with van der Waals surface area (Å²) in [6.45, 7) is 5.33. The largest absolute Gasteiger partial charge is 0.448 e. The van der Waals surface area contributed by atoms with Crippen LogP contribution in [0.15, 0.2) is 18.2 Å². The Balaban J connectivity index is 1.62. The van der Waals surface area contributed by atoms with Crippen molar-refractivity contribution >= 4 is 35.4 Å². The molecule has 0 unspecified atom stereocenters. The number of alkyl carbamates (subject to hydrolysis) is 1. The molecule has 8 nitrogen and oxygen atoms in total. The number of nitrogens with one attached hydrogen (secondary N) is 1. The number of ether oxygens (including phenoxy) is 1. The number of carbonyl (C=O) groups excluding carboxylic acids is 4. The molecular formula is C21H26ClN3O5. The quantitative estimate of drug-likeness (QED) is 0.547. The number of hydrogen-bond acceptors (Lipinski definition) is 5. The van der Waals surface area contributed by atoms with Crippen molar-refractivity contribution < 1.29 is 23.9 Å². The van der Waals surface area contributed by atoms with Crippen LogP contribution in [0, 0.1) is 5.92 Å². The fourth-order valence-electron chi connectivity index (χ4n) is 3.70. The molecule has 162 valence electrons. The summed E-state index contributed by atoms with van der Waals surface area (Å²) in [5, 5.41) is 2.77. The molecule has 1 saturated heterocycles. The van der Waals surface area contributed by atoms with Gasteiger partial charge in [0.25, 0.3) is 17.7 Å². The zero-order valence-electron chi connectivity index (χ0n) is 17.2. The molecule has 0 spiro atoms. The monoisotopic (exact) mass is 435 g/mol. The Hall–Kier alpha value is -2.61. The van der Waals surface area contributed by atoms with Crippen molar-refractivity contribution in [3.05, 3.63) is 34.9 Å². The summed E-state index contributed by atoms with van der Waals surface area (Å²) in [5.74, 6) is -0.448. The number of alkyl halides is 1. The highest BCUT2D eigenvalue weighted by atomic mass is 35.5. The summed E-state index contributed by atoms with van der Waals surface area (Å²) in [6, 6.07) is 4.61. The van der Waals surface area contributed by atoms with Crippen LogP contribution in [0.25, 0.3) is 0 Å². The number of benzene rings is 1. The van der Waals surface area contributed by atoms with Gasteiger partial charge >= 0.3 is 6.09 Å². The van der Waals surface area contributed by atoms with Gasteiger partial charge in [-0.2, -0.15) is 0 Å². The minimum atomic E-state index is -0.506. The van der Waals surface area contributed by atoms with Gasteiger partial charge < -0.3 is 15.0 Å². The SMILES string of the molecule is CC(C)CN1C(=O)c2ccc(C(=O)N3CCC(NC(=O)OCCCl)CC3)cc2C1=O. The van der Waals surface area contributed by atoms with Crippen molar-refractivity contribution in [2.45, 2.75) is 32.7 Å². The maximum absolute atomic E-state index is 12.9. The predicted molar refractivity (Wildman–Crippen MR) is 111 cm³/mol. The number of nitrogens with zero attached hydrogens (tertiary/aromatic N) is 2. The molecule has 0 saturated carbocycles. The number of amides is 4. The normalized spacial score (nSPS) is 16.8. The maximum Gasteiger partial charge on any atom is 0.407 e. The van der Waals surface area contributed by atoms with Crippen molar-refractivity contribution in [3.8, 4) is 0 Å². The average molecular weight is 436 g/mol. The van der Waals surface area contributed by atoms with Crippen molar-refractivity contribution in [1.29, 1.82) is 0 Å². The van der Waals surface area contributed by atoms with E-state index in [9.17, 15) is 19.2 Å². The molecular weight excluding hydrogens is 410 g/mol. The Morgan fingerprint density at radius 2 is 1.83 bits per heavy atom. The van der Waals surface area contributed by atoms with E-state index >= 15 is 0 Å². The first-order chi connectivity index (χ1) is 14.3. The minimum Gasteiger partial charge on any atom is -0.448 e. The molecule has 0 radical (unpaired) electrons. The molecule has 30 heavy (non-hydrogen) atoms. The van der Waals surface area contributed by atoms with Crippen LogP contribution in [0.4, 0.5) is 4.79 Å². The molecule has 0 bridgehead atoms. The Kier molecular flexibility index (Phi) is 6.97. The van der Waals surface area contributed by atoms with Gasteiger partial charge in [0.05, 0.1) is 17.0 Å². The van der Waals surface area contributed by atoms with E-state index in [4.69, 9.17) is 16.3 Å². The highest BCUT2D eigenvalue weighted by molar-refractivity contribution is 6.22. The van der Waals surface area contributed by atoms with Crippen LogP contribution in [-0.4, -0.2) is 71.8 Å². The summed E-state index contributed by atoms with van der Waals surface area (Å²) < 4.78 is 4.91. The number of imide groups is 1. The standard InChI is InChI=1S/C21H26ClN3O5/c1-13(2)12-25-19(27)16-4-3-14(11-17(16)20(25)28)18(26)24-8-5-15(6-9-24)23-21(29)30-10-7-22/h3-4,11,13,15H,5-10,12H2,1-2H3,(H,23,29). The number of rotatable bonds is 6. The molecule has 0 aliphatic carbocycles. The number of carbonyl (C=O) groups is 4. The molecule has 2 heterocycles. The smallest absolute Gasteiger partial charge is 0.407 e. The topological polar surface area (TPSA) is 96.0 Å². The second-order valence-corrected chi connectivity index (χ2v) is 8.29. The van der Waals surface area contributed by atoms with E-state index in [-0.39, 0.29) is 47.7 Å². The molecule has 0 aromatic heterocycles. The van der Waals surface area contributed by atoms with E-state index in [0.717, 1.165) is 0 Å². The molecule has 0 atom stereocenters. The second-order valence-electron chi connectivity index (χ2n) is 7.91. The fraction of sp³-hybridized carbons (Fsp3) is 0.524. The summed E-state index contributed by atoms with van der Waals surface area (Å²) in [4.78, 5) is 52.6. The first-order valence-electron chi connectivity index (χ1n) is 10.1. The van der Waals surface area contributed by atoms with Gasteiger partial charge in [0.15, 0.2) is 0 Å². The number of hydrogen-bond donors (Lipinski definition) is 1. The van der Waals surface area contributed by atoms with Crippen LogP contribution in [-0.2, 0) is 4.74 Å². The molecule has 4 amide bonds. The van der Waals surface area contributed by atoms with Crippen molar-refractivity contribution in [2.24, 2.45) is 5.92 Å². The van der Waals surface area contributed by atoms with Crippen LogP contribution in [0.1, 0.15) is 57.8 Å². The summed E-state index contributed by atoms with van der Waals surface area (Å²) >= 11 is 5.49. The number of likely N-dealkylation sites (tertiary alicyclic amines) is 1. The van der Waals surface area contributed by atoms with Crippen LogP contribution in [0.5, 0.6) is 0 Å². The number of halogens is 1. The van der Waals surface area contributed by atoms with Crippen LogP contribution in [0.3, 0.4) is 0 Å². The first-order valence-corrected chi connectivity index (χ1v) is 10.6. The number of piperidine rings is 1. The number of fused-ring (bicyclic) bond motifs is 1. The Morgan fingerprint density at radius 1 is 1.17 bits per heavy atom. The van der Waals surface area contributed by atoms with Gasteiger partial charge in [-0.15, -0.1) is 11.6 Å². The third-order valence-electron chi connectivity index (χ3n) is 5.18. The highest BCUT2D eigenvalue weighted by Gasteiger charge is 2.36. The van der Waals surface area contributed by atoms with E-state index in [0.29, 0.717) is 43.6 Å². The zero-order chi connectivity index (χ0) is 21.8. The van der Waals surface area contributed by atoms with Gasteiger partial charge in [-0.05, 0) is 37.0 Å². The predicted octanol–water partition coefficient (Wildman–Crippen LogP) is 2.51. The molecule has 2 aliphatic heterocycles. The molecule has 1 N–H and O–H groups in total. The zero-order valence-corrected chi connectivity index (χ0v) is 17.9. The second kappa shape index (κ2) is 9.47. The first kappa shape index (κ1) is 22.1. The third kappa shape index (κ3) is 4.75. The van der Waals surface area contributed by atoms with Crippen molar-refractivity contribution in [2.75, 3.05) is 32.1 Å². The Morgan fingerprint density at radius 3 is 2.47 bits per heavy atom. The molecule has 1 aromatic carbocycles. The van der Waals surface area contributed by atoms with Gasteiger partial charge in [-0.3, -0.25) is 19.3 Å². The lowest BCUT2D eigenvalue weighted by atomic mass is 10.0. The molecule has 9 heteroatoms. The lowest BCUT2D eigenvalue weighted by Gasteiger charge is -2.32. The summed E-state index contributed by atoms with van der Waals surface area (Å²) in [5.41, 5.74) is 1.01. The van der Waals surface area contributed by atoms with E-state index in [2.05, 4.69) is 5.32 Å². The molecule has 3 rings (SSSR count). The van der Waals surface area contributed by atoms with E-state index in [1.807, 2.05) is 13.8 Å². The maximum atomic E-state index is 12.9. The van der Waals surface area contributed by atoms with Gasteiger partial charge in [0.1, 0.15) is 6.61 Å². The van der Waals surface area contributed by atoms with E-state index < -0.39 is 6.09 Å². The lowest BCUT2D eigenvalue weighted by Crippen LogP contribution is -2.46. The highest BCUT2D eigenvalue weighted by Crippen LogP contribution is 2.26. The minimum absolute atomic E-state index is 0.0688. The van der Waals surface area contributed by atoms with Crippen molar-refractivity contribution in [1.82, 2.24) is 15.1 Å².